The van der Waals surface area contributed by atoms with Gasteiger partial charge in [-0.15, -0.1) is 0 Å². The largest absolute Gasteiger partial charge is 0.508 e. The van der Waals surface area contributed by atoms with Gasteiger partial charge in [-0.2, -0.15) is 0 Å². The van der Waals surface area contributed by atoms with Gasteiger partial charge >= 0.3 is 0 Å². The highest BCUT2D eigenvalue weighted by molar-refractivity contribution is 5.48. The molecular formula is C11H15O2. The molecule has 0 saturated carbocycles. The molecule has 0 aromatic heterocycles. The van der Waals surface area contributed by atoms with Crippen LogP contribution in [0.4, 0.5) is 0 Å². The maximum Gasteiger partial charge on any atom is 0.122 e. The number of rotatable bonds is 3. The van der Waals surface area contributed by atoms with E-state index >= 15 is 0 Å². The standard InChI is InChI=1S/C11H15O2/c1-3-4-5-9-6-10(12)8(2)11(13)7-9/h6-7,12-13H,2-5H2,1H3. The van der Waals surface area contributed by atoms with Crippen LogP contribution in [0.15, 0.2) is 12.1 Å². The highest BCUT2D eigenvalue weighted by Gasteiger charge is 2.04. The van der Waals surface area contributed by atoms with Crippen molar-refractivity contribution in [2.24, 2.45) is 0 Å². The normalized spacial score (nSPS) is 10.3. The highest BCUT2D eigenvalue weighted by atomic mass is 16.3. The first-order valence-electron chi connectivity index (χ1n) is 4.52. The van der Waals surface area contributed by atoms with Crippen molar-refractivity contribution in [3.05, 3.63) is 30.2 Å². The fraction of sp³-hybridized carbons (Fsp3) is 0.364. The molecule has 0 saturated heterocycles. The van der Waals surface area contributed by atoms with Crippen LogP contribution in [-0.2, 0) is 6.42 Å². The lowest BCUT2D eigenvalue weighted by Gasteiger charge is -2.05. The molecular weight excluding hydrogens is 164 g/mol. The lowest BCUT2D eigenvalue weighted by Crippen LogP contribution is -1.86. The smallest absolute Gasteiger partial charge is 0.122 e. The topological polar surface area (TPSA) is 40.5 Å². The molecule has 0 aliphatic heterocycles. The second-order valence-corrected chi connectivity index (χ2v) is 3.22. The number of unbranched alkanes of at least 4 members (excludes halogenated alkanes) is 1. The van der Waals surface area contributed by atoms with E-state index in [2.05, 4.69) is 13.8 Å². The van der Waals surface area contributed by atoms with E-state index in [0.717, 1.165) is 24.8 Å². The Balaban J connectivity index is 2.86. The van der Waals surface area contributed by atoms with E-state index in [1.165, 1.54) is 0 Å². The van der Waals surface area contributed by atoms with Crippen LogP contribution in [0.25, 0.3) is 0 Å². The SMILES string of the molecule is [CH2]c1c(O)cc(CCCC)cc1O. The quantitative estimate of drug-likeness (QED) is 0.748. The number of phenols is 2. The van der Waals surface area contributed by atoms with Gasteiger partial charge in [-0.3, -0.25) is 0 Å². The summed E-state index contributed by atoms with van der Waals surface area (Å²) in [5, 5.41) is 18.7. The highest BCUT2D eigenvalue weighted by Crippen LogP contribution is 2.28. The third kappa shape index (κ3) is 2.38. The Morgan fingerprint density at radius 3 is 2.23 bits per heavy atom. The van der Waals surface area contributed by atoms with Crippen LogP contribution in [0, 0.1) is 6.92 Å². The summed E-state index contributed by atoms with van der Waals surface area (Å²) in [5.41, 5.74) is 1.27. The summed E-state index contributed by atoms with van der Waals surface area (Å²) in [4.78, 5) is 0. The molecule has 0 aliphatic carbocycles. The van der Waals surface area contributed by atoms with Crippen molar-refractivity contribution in [2.45, 2.75) is 26.2 Å². The Morgan fingerprint density at radius 2 is 1.77 bits per heavy atom. The number of benzene rings is 1. The number of phenolic OH excluding ortho intramolecular Hbond substituents is 2. The first-order chi connectivity index (χ1) is 6.15. The molecule has 0 atom stereocenters. The molecule has 0 bridgehead atoms. The average molecular weight is 179 g/mol. The van der Waals surface area contributed by atoms with Crippen LogP contribution < -0.4 is 0 Å². The maximum atomic E-state index is 9.36. The van der Waals surface area contributed by atoms with Gasteiger partial charge in [0.05, 0.1) is 0 Å². The Morgan fingerprint density at radius 1 is 1.23 bits per heavy atom. The third-order valence-corrected chi connectivity index (χ3v) is 2.08. The van der Waals surface area contributed by atoms with Gasteiger partial charge in [0.25, 0.3) is 0 Å². The molecule has 0 heterocycles. The summed E-state index contributed by atoms with van der Waals surface area (Å²) in [6.07, 6.45) is 3.06. The van der Waals surface area contributed by atoms with Gasteiger partial charge < -0.3 is 10.2 Å². The van der Waals surface area contributed by atoms with Gasteiger partial charge in [0, 0.05) is 5.56 Å². The molecule has 1 aromatic carbocycles. The van der Waals surface area contributed by atoms with Gasteiger partial charge in [-0.1, -0.05) is 13.3 Å². The zero-order chi connectivity index (χ0) is 9.84. The lowest BCUT2D eigenvalue weighted by molar-refractivity contribution is 0.445. The Labute approximate surface area is 78.8 Å². The van der Waals surface area contributed by atoms with Crippen molar-refractivity contribution in [1.29, 1.82) is 0 Å². The zero-order valence-electron chi connectivity index (χ0n) is 7.88. The lowest BCUT2D eigenvalue weighted by atomic mass is 10.1. The van der Waals surface area contributed by atoms with E-state index in [0.29, 0.717) is 5.56 Å². The zero-order valence-corrected chi connectivity index (χ0v) is 7.88. The third-order valence-electron chi connectivity index (χ3n) is 2.08. The molecule has 0 fully saturated rings. The van der Waals surface area contributed by atoms with E-state index in [-0.39, 0.29) is 11.5 Å². The molecule has 1 aromatic rings. The molecule has 13 heavy (non-hydrogen) atoms. The second kappa shape index (κ2) is 4.17. The number of aromatic hydroxyl groups is 2. The summed E-state index contributed by atoms with van der Waals surface area (Å²) in [7, 11) is 0. The monoisotopic (exact) mass is 179 g/mol. The van der Waals surface area contributed by atoms with Crippen molar-refractivity contribution in [1.82, 2.24) is 0 Å². The van der Waals surface area contributed by atoms with Crippen molar-refractivity contribution in [3.8, 4) is 11.5 Å². The summed E-state index contributed by atoms with van der Waals surface area (Å²) >= 11 is 0. The molecule has 1 rings (SSSR count). The summed E-state index contributed by atoms with van der Waals surface area (Å²) < 4.78 is 0. The van der Waals surface area contributed by atoms with Gasteiger partial charge in [0.1, 0.15) is 11.5 Å². The Bertz CT molecular complexity index is 269. The van der Waals surface area contributed by atoms with Crippen molar-refractivity contribution in [3.63, 3.8) is 0 Å². The molecule has 0 unspecified atom stereocenters. The number of hydrogen-bond acceptors (Lipinski definition) is 2. The molecule has 1 radical (unpaired) electrons. The second-order valence-electron chi connectivity index (χ2n) is 3.22. The molecule has 0 amide bonds. The van der Waals surface area contributed by atoms with Crippen molar-refractivity contribution >= 4 is 0 Å². The first-order valence-corrected chi connectivity index (χ1v) is 4.52. The average Bonchev–Trinajstić information content (AvgIpc) is 2.10. The predicted molar refractivity (Wildman–Crippen MR) is 52.8 cm³/mol. The minimum atomic E-state index is 0.0751. The molecule has 2 N–H and O–H groups in total. The van der Waals surface area contributed by atoms with Crippen molar-refractivity contribution < 1.29 is 10.2 Å². The summed E-state index contributed by atoms with van der Waals surface area (Å²) in [5.74, 6) is 0.150. The first kappa shape index (κ1) is 9.90. The van der Waals surface area contributed by atoms with E-state index < -0.39 is 0 Å². The fourth-order valence-corrected chi connectivity index (χ4v) is 1.22. The Hall–Kier alpha value is -1.18. The van der Waals surface area contributed by atoms with Crippen LogP contribution in [0.1, 0.15) is 30.9 Å². The maximum absolute atomic E-state index is 9.36. The van der Waals surface area contributed by atoms with Crippen LogP contribution in [0.5, 0.6) is 11.5 Å². The van der Waals surface area contributed by atoms with Crippen LogP contribution in [0.3, 0.4) is 0 Å². The van der Waals surface area contributed by atoms with E-state index in [9.17, 15) is 10.2 Å². The summed E-state index contributed by atoms with van der Waals surface area (Å²) in [6.45, 7) is 5.65. The molecule has 0 spiro atoms. The van der Waals surface area contributed by atoms with Crippen molar-refractivity contribution in [2.75, 3.05) is 0 Å². The van der Waals surface area contributed by atoms with Gasteiger partial charge in [0.15, 0.2) is 0 Å². The molecule has 0 aliphatic rings. The van der Waals surface area contributed by atoms with Crippen LogP contribution in [0.2, 0.25) is 0 Å². The van der Waals surface area contributed by atoms with Crippen LogP contribution in [-0.4, -0.2) is 10.2 Å². The minimum Gasteiger partial charge on any atom is -0.508 e. The summed E-state index contributed by atoms with van der Waals surface area (Å²) in [6, 6.07) is 3.33. The minimum absolute atomic E-state index is 0.0751. The van der Waals surface area contributed by atoms with Gasteiger partial charge in [-0.05, 0) is 37.5 Å². The number of hydrogen-bond donors (Lipinski definition) is 2. The fourth-order valence-electron chi connectivity index (χ4n) is 1.22. The van der Waals surface area contributed by atoms with E-state index in [1.807, 2.05) is 0 Å². The van der Waals surface area contributed by atoms with E-state index in [1.54, 1.807) is 12.1 Å². The van der Waals surface area contributed by atoms with E-state index in [4.69, 9.17) is 0 Å². The van der Waals surface area contributed by atoms with Gasteiger partial charge in [0.2, 0.25) is 0 Å². The molecule has 2 heteroatoms. The Kier molecular flexibility index (Phi) is 3.18. The van der Waals surface area contributed by atoms with Crippen LogP contribution >= 0.6 is 0 Å². The van der Waals surface area contributed by atoms with Gasteiger partial charge in [-0.25, -0.2) is 0 Å². The predicted octanol–water partition coefficient (Wildman–Crippen LogP) is 2.62. The molecule has 71 valence electrons. The molecule has 2 nitrogen and oxygen atoms in total. The number of aryl methyl sites for hydroxylation is 1.